The van der Waals surface area contributed by atoms with Crippen LogP contribution in [0.4, 0.5) is 0 Å². The van der Waals surface area contributed by atoms with Crippen molar-refractivity contribution >= 4 is 55.3 Å². The number of para-hydroxylation sites is 4. The maximum absolute atomic E-state index is 6.67. The van der Waals surface area contributed by atoms with Gasteiger partial charge in [0.15, 0.2) is 0 Å². The predicted molar refractivity (Wildman–Crippen MR) is 139 cm³/mol. The van der Waals surface area contributed by atoms with Gasteiger partial charge in [0.05, 0.1) is 21.7 Å². The van der Waals surface area contributed by atoms with Crippen LogP contribution in [0.15, 0.2) is 114 Å². The van der Waals surface area contributed by atoms with Crippen molar-refractivity contribution in [3.63, 3.8) is 0 Å². The van der Waals surface area contributed by atoms with E-state index in [1.54, 1.807) is 0 Å². The number of hydrogen-bond donors (Lipinski definition) is 0. The molecule has 2 nitrogen and oxygen atoms in total. The Balaban J connectivity index is 1.61. The van der Waals surface area contributed by atoms with Gasteiger partial charge in [-0.3, -0.25) is 0 Å². The van der Waals surface area contributed by atoms with Crippen molar-refractivity contribution < 1.29 is 4.42 Å². The van der Waals surface area contributed by atoms with Gasteiger partial charge >= 0.3 is 0 Å². The van der Waals surface area contributed by atoms with Crippen molar-refractivity contribution in [2.24, 2.45) is 0 Å². The van der Waals surface area contributed by atoms with E-state index in [4.69, 9.17) is 16.0 Å². The zero-order chi connectivity index (χ0) is 21.9. The molecule has 0 saturated carbocycles. The Morgan fingerprint density at radius 2 is 1.15 bits per heavy atom. The third kappa shape index (κ3) is 2.62. The van der Waals surface area contributed by atoms with Crippen LogP contribution in [0.1, 0.15) is 0 Å². The Bertz CT molecular complexity index is 1790. The zero-order valence-corrected chi connectivity index (χ0v) is 18.4. The smallest absolute Gasteiger partial charge is 0.144 e. The summed E-state index contributed by atoms with van der Waals surface area (Å²) in [5.74, 6) is 0. The van der Waals surface area contributed by atoms with Crippen LogP contribution < -0.4 is 0 Å². The van der Waals surface area contributed by atoms with Gasteiger partial charge < -0.3 is 8.98 Å². The van der Waals surface area contributed by atoms with Gasteiger partial charge in [0.1, 0.15) is 11.2 Å². The fraction of sp³-hybridized carbons (Fsp3) is 0. The molecule has 0 fully saturated rings. The highest BCUT2D eigenvalue weighted by Crippen LogP contribution is 2.42. The van der Waals surface area contributed by atoms with Crippen LogP contribution in [0.5, 0.6) is 0 Å². The van der Waals surface area contributed by atoms with Gasteiger partial charge in [0.25, 0.3) is 0 Å². The SMILES string of the molecule is Clc1ccc(-c2ccccc2-n2c3ccccc3c3ccccc32)c2oc3ccccc3c12. The molecule has 0 saturated heterocycles. The molecule has 0 unspecified atom stereocenters. The fourth-order valence-corrected chi connectivity index (χ4v) is 5.33. The van der Waals surface area contributed by atoms with Crippen LogP contribution in [0.2, 0.25) is 5.02 Å². The van der Waals surface area contributed by atoms with Crippen LogP contribution in [0, 0.1) is 0 Å². The summed E-state index contributed by atoms with van der Waals surface area (Å²) in [5, 5.41) is 5.18. The number of benzene rings is 5. The Kier molecular flexibility index (Phi) is 3.93. The second kappa shape index (κ2) is 6.99. The minimum atomic E-state index is 0.702. The standard InChI is InChI=1S/C30H18ClNO/c31-24-18-17-22(30-29(24)23-12-4-8-16-28(23)33-30)21-11-3-7-15-27(21)32-25-13-5-1-9-19(25)20-10-2-6-14-26(20)32/h1-18H. The number of fused-ring (bicyclic) bond motifs is 6. The normalized spacial score (nSPS) is 11.8. The highest BCUT2D eigenvalue weighted by molar-refractivity contribution is 6.38. The summed E-state index contributed by atoms with van der Waals surface area (Å²) in [5.41, 5.74) is 7.27. The van der Waals surface area contributed by atoms with Crippen molar-refractivity contribution in [2.45, 2.75) is 0 Å². The average Bonchev–Trinajstić information content (AvgIpc) is 3.41. The molecule has 2 aromatic heterocycles. The Hall–Kier alpha value is -4.01. The highest BCUT2D eigenvalue weighted by atomic mass is 35.5. The minimum Gasteiger partial charge on any atom is -0.455 e. The summed E-state index contributed by atoms with van der Waals surface area (Å²) in [6.45, 7) is 0. The number of halogens is 1. The first-order valence-electron chi connectivity index (χ1n) is 11.0. The summed E-state index contributed by atoms with van der Waals surface area (Å²) in [6, 6.07) is 37.8. The van der Waals surface area contributed by atoms with E-state index in [1.165, 1.54) is 21.8 Å². The summed E-state index contributed by atoms with van der Waals surface area (Å²) in [6.07, 6.45) is 0. The van der Waals surface area contributed by atoms with E-state index in [2.05, 4.69) is 89.5 Å². The predicted octanol–water partition coefficient (Wildman–Crippen LogP) is 9.00. The molecule has 2 heterocycles. The van der Waals surface area contributed by atoms with Crippen molar-refractivity contribution in [1.29, 1.82) is 0 Å². The third-order valence-electron chi connectivity index (χ3n) is 6.49. The molecule has 7 rings (SSSR count). The van der Waals surface area contributed by atoms with Crippen LogP contribution >= 0.6 is 11.6 Å². The maximum atomic E-state index is 6.67. The highest BCUT2D eigenvalue weighted by Gasteiger charge is 2.19. The van der Waals surface area contributed by atoms with Crippen molar-refractivity contribution in [3.8, 4) is 16.8 Å². The summed E-state index contributed by atoms with van der Waals surface area (Å²) < 4.78 is 8.72. The molecular weight excluding hydrogens is 426 g/mol. The molecule has 0 amide bonds. The first kappa shape index (κ1) is 18.6. The minimum absolute atomic E-state index is 0.702. The lowest BCUT2D eigenvalue weighted by Gasteiger charge is -2.14. The number of rotatable bonds is 2. The first-order valence-corrected chi connectivity index (χ1v) is 11.4. The quantitative estimate of drug-likeness (QED) is 0.260. The number of furan rings is 1. The molecule has 0 aliphatic rings. The molecule has 0 bridgehead atoms. The molecule has 7 aromatic rings. The number of hydrogen-bond acceptors (Lipinski definition) is 1. The van der Waals surface area contributed by atoms with Crippen molar-refractivity contribution in [1.82, 2.24) is 4.57 Å². The number of nitrogens with zero attached hydrogens (tertiary/aromatic N) is 1. The summed E-state index contributed by atoms with van der Waals surface area (Å²) in [7, 11) is 0. The molecule has 5 aromatic carbocycles. The monoisotopic (exact) mass is 443 g/mol. The molecule has 0 aliphatic carbocycles. The van der Waals surface area contributed by atoms with Gasteiger partial charge in [-0.25, -0.2) is 0 Å². The second-order valence-electron chi connectivity index (χ2n) is 8.28. The molecule has 0 radical (unpaired) electrons. The van der Waals surface area contributed by atoms with Gasteiger partial charge in [0, 0.05) is 32.7 Å². The first-order chi connectivity index (χ1) is 16.3. The molecular formula is C30H18ClNO. The molecule has 33 heavy (non-hydrogen) atoms. The van der Waals surface area contributed by atoms with E-state index < -0.39 is 0 Å². The number of aromatic nitrogens is 1. The summed E-state index contributed by atoms with van der Waals surface area (Å²) in [4.78, 5) is 0. The van der Waals surface area contributed by atoms with Crippen LogP contribution in [-0.4, -0.2) is 4.57 Å². The topological polar surface area (TPSA) is 18.1 Å². The van der Waals surface area contributed by atoms with Crippen LogP contribution in [0.3, 0.4) is 0 Å². The van der Waals surface area contributed by atoms with E-state index in [1.807, 2.05) is 24.3 Å². The fourth-order valence-electron chi connectivity index (χ4n) is 5.08. The molecule has 0 N–H and O–H groups in total. The zero-order valence-electron chi connectivity index (χ0n) is 17.6. The van der Waals surface area contributed by atoms with E-state index >= 15 is 0 Å². The average molecular weight is 444 g/mol. The Morgan fingerprint density at radius 3 is 1.91 bits per heavy atom. The molecule has 0 atom stereocenters. The summed E-state index contributed by atoms with van der Waals surface area (Å²) >= 11 is 6.67. The van der Waals surface area contributed by atoms with Gasteiger partial charge in [-0.2, -0.15) is 0 Å². The maximum Gasteiger partial charge on any atom is 0.144 e. The van der Waals surface area contributed by atoms with Gasteiger partial charge in [-0.15, -0.1) is 0 Å². The van der Waals surface area contributed by atoms with Gasteiger partial charge in [0.2, 0.25) is 0 Å². The van der Waals surface area contributed by atoms with Gasteiger partial charge in [-0.1, -0.05) is 84.4 Å². The Morgan fingerprint density at radius 1 is 0.545 bits per heavy atom. The lowest BCUT2D eigenvalue weighted by atomic mass is 10.0. The van der Waals surface area contributed by atoms with Crippen LogP contribution in [0.25, 0.3) is 60.6 Å². The van der Waals surface area contributed by atoms with Crippen molar-refractivity contribution in [2.75, 3.05) is 0 Å². The lowest BCUT2D eigenvalue weighted by molar-refractivity contribution is 0.670. The van der Waals surface area contributed by atoms with E-state index in [9.17, 15) is 0 Å². The van der Waals surface area contributed by atoms with E-state index in [0.29, 0.717) is 5.02 Å². The van der Waals surface area contributed by atoms with Crippen molar-refractivity contribution in [3.05, 3.63) is 114 Å². The van der Waals surface area contributed by atoms with Crippen LogP contribution in [-0.2, 0) is 0 Å². The second-order valence-corrected chi connectivity index (χ2v) is 8.69. The van der Waals surface area contributed by atoms with E-state index in [-0.39, 0.29) is 0 Å². The third-order valence-corrected chi connectivity index (χ3v) is 6.81. The molecule has 0 aliphatic heterocycles. The largest absolute Gasteiger partial charge is 0.455 e. The molecule has 0 spiro atoms. The molecule has 156 valence electrons. The molecule has 3 heteroatoms. The Labute approximate surface area is 195 Å². The lowest BCUT2D eigenvalue weighted by Crippen LogP contribution is -1.97. The van der Waals surface area contributed by atoms with Gasteiger partial charge in [-0.05, 0) is 36.4 Å². The van der Waals surface area contributed by atoms with E-state index in [0.717, 1.165) is 38.8 Å².